The van der Waals surface area contributed by atoms with Gasteiger partial charge in [-0.3, -0.25) is 10.1 Å². The number of amides is 1. The third-order valence-corrected chi connectivity index (χ3v) is 7.30. The van der Waals surface area contributed by atoms with Crippen molar-refractivity contribution in [2.45, 2.75) is 40.0 Å². The van der Waals surface area contributed by atoms with Crippen molar-refractivity contribution in [3.8, 4) is 17.0 Å². The molecule has 39 heavy (non-hydrogen) atoms. The summed E-state index contributed by atoms with van der Waals surface area (Å²) >= 11 is 13.9. The number of rotatable bonds is 13. The summed E-state index contributed by atoms with van der Waals surface area (Å²) < 4.78 is 11.5. The Bertz CT molecular complexity index is 1330. The van der Waals surface area contributed by atoms with E-state index in [4.69, 9.17) is 37.8 Å². The molecule has 0 bridgehead atoms. The molecule has 0 fully saturated rings. The molecule has 0 aliphatic heterocycles. The Morgan fingerprint density at radius 3 is 2.54 bits per heavy atom. The maximum Gasteiger partial charge on any atom is 0.331 e. The molecule has 0 saturated heterocycles. The van der Waals surface area contributed by atoms with E-state index in [9.17, 15) is 9.59 Å². The van der Waals surface area contributed by atoms with Gasteiger partial charge in [0.2, 0.25) is 0 Å². The summed E-state index contributed by atoms with van der Waals surface area (Å²) in [6.45, 7) is 7.26. The number of hydrogen-bond donors (Lipinski definition) is 2. The minimum absolute atomic E-state index is 0.0702. The number of carboxylic acids is 1. The van der Waals surface area contributed by atoms with Crippen LogP contribution in [0.4, 0.5) is 5.13 Å². The van der Waals surface area contributed by atoms with E-state index in [2.05, 4.69) is 24.1 Å². The number of carboxylic acid groups (broad SMARTS) is 1. The van der Waals surface area contributed by atoms with Crippen molar-refractivity contribution in [1.29, 1.82) is 0 Å². The van der Waals surface area contributed by atoms with Crippen LogP contribution in [0, 0.1) is 5.92 Å². The molecule has 2 N–H and O–H groups in total. The van der Waals surface area contributed by atoms with Crippen LogP contribution in [0.5, 0.6) is 5.75 Å². The number of carbonyl (C=O) groups excluding carboxylic acids is 1. The smallest absolute Gasteiger partial charge is 0.331 e. The molecule has 3 aromatic rings. The number of ether oxygens (including phenoxy) is 2. The molecule has 7 nitrogen and oxygen atoms in total. The maximum absolute atomic E-state index is 12.9. The summed E-state index contributed by atoms with van der Waals surface area (Å²) in [4.78, 5) is 28.6. The zero-order chi connectivity index (χ0) is 28.5. The number of para-hydroxylation sites is 1. The molecule has 1 aromatic heterocycles. The fourth-order valence-electron chi connectivity index (χ4n) is 3.77. The van der Waals surface area contributed by atoms with Gasteiger partial charge < -0.3 is 14.6 Å². The summed E-state index contributed by atoms with van der Waals surface area (Å²) in [7, 11) is 1.64. The van der Waals surface area contributed by atoms with E-state index in [0.717, 1.165) is 42.7 Å². The first-order valence-electron chi connectivity index (χ1n) is 12.5. The first-order chi connectivity index (χ1) is 18.6. The third kappa shape index (κ3) is 8.54. The van der Waals surface area contributed by atoms with Crippen LogP contribution in [-0.4, -0.2) is 42.3 Å². The van der Waals surface area contributed by atoms with Gasteiger partial charge in [0.25, 0.3) is 5.91 Å². The Labute approximate surface area is 242 Å². The molecule has 0 aliphatic rings. The third-order valence-electron chi connectivity index (χ3n) is 5.92. The van der Waals surface area contributed by atoms with E-state index in [1.165, 1.54) is 36.5 Å². The number of aryl methyl sites for hydroxylation is 1. The molecular formula is C29H32Cl2N2O5S. The highest BCUT2D eigenvalue weighted by atomic mass is 35.5. The molecule has 1 amide bonds. The van der Waals surface area contributed by atoms with Gasteiger partial charge in [0, 0.05) is 40.9 Å². The Hall–Kier alpha value is -2.91. The van der Waals surface area contributed by atoms with Crippen LogP contribution in [0.1, 0.15) is 55.1 Å². The molecule has 1 heterocycles. The van der Waals surface area contributed by atoms with Gasteiger partial charge >= 0.3 is 5.97 Å². The van der Waals surface area contributed by atoms with Gasteiger partial charge in [-0.25, -0.2) is 9.78 Å². The van der Waals surface area contributed by atoms with Crippen LogP contribution < -0.4 is 10.1 Å². The number of aliphatic carboxylic acids is 1. The average molecular weight is 592 g/mol. The maximum atomic E-state index is 12.9. The molecular weight excluding hydrogens is 559 g/mol. The molecule has 0 aliphatic carbocycles. The summed E-state index contributed by atoms with van der Waals surface area (Å²) in [5.41, 5.74) is 3.22. The first-order valence-corrected chi connectivity index (χ1v) is 14.2. The fourth-order valence-corrected chi connectivity index (χ4v) is 5.07. The quantitative estimate of drug-likeness (QED) is 0.155. The lowest BCUT2D eigenvalue weighted by atomic mass is 10.0. The van der Waals surface area contributed by atoms with Gasteiger partial charge in [-0.15, -0.1) is 11.3 Å². The minimum atomic E-state index is -1.09. The molecule has 2 aromatic carbocycles. The predicted octanol–water partition coefficient (Wildman–Crippen LogP) is 7.86. The van der Waals surface area contributed by atoms with E-state index in [1.54, 1.807) is 7.11 Å². The van der Waals surface area contributed by atoms with E-state index < -0.39 is 11.9 Å². The van der Waals surface area contributed by atoms with Crippen LogP contribution in [0.2, 0.25) is 10.0 Å². The average Bonchev–Trinajstić information content (AvgIpc) is 3.35. The summed E-state index contributed by atoms with van der Waals surface area (Å²) in [5.74, 6) is -0.148. The lowest BCUT2D eigenvalue weighted by Gasteiger charge is -2.13. The van der Waals surface area contributed by atoms with Crippen molar-refractivity contribution in [2.75, 3.05) is 25.6 Å². The van der Waals surface area contributed by atoms with E-state index in [0.29, 0.717) is 28.9 Å². The largest absolute Gasteiger partial charge is 0.496 e. The second kappa shape index (κ2) is 14.5. The predicted molar refractivity (Wildman–Crippen MR) is 158 cm³/mol. The molecule has 0 atom stereocenters. The monoisotopic (exact) mass is 590 g/mol. The van der Waals surface area contributed by atoms with Crippen molar-refractivity contribution in [3.05, 3.63) is 68.0 Å². The van der Waals surface area contributed by atoms with Crippen LogP contribution in [0.3, 0.4) is 0 Å². The van der Waals surface area contributed by atoms with Crippen molar-refractivity contribution < 1.29 is 24.2 Å². The number of carbonyl (C=O) groups is 2. The minimum Gasteiger partial charge on any atom is -0.496 e. The zero-order valence-electron chi connectivity index (χ0n) is 22.3. The highest BCUT2D eigenvalue weighted by Crippen LogP contribution is 2.36. The van der Waals surface area contributed by atoms with Gasteiger partial charge in [0.1, 0.15) is 5.75 Å². The molecule has 3 rings (SSSR count). The van der Waals surface area contributed by atoms with Crippen LogP contribution in [0.15, 0.2) is 41.3 Å². The van der Waals surface area contributed by atoms with E-state index in [1.807, 2.05) is 23.6 Å². The second-order valence-corrected chi connectivity index (χ2v) is 11.0. The number of methoxy groups -OCH3 is 1. The second-order valence-electron chi connectivity index (χ2n) is 9.37. The van der Waals surface area contributed by atoms with Crippen molar-refractivity contribution in [1.82, 2.24) is 4.98 Å². The number of halogens is 2. The molecule has 10 heteroatoms. The lowest BCUT2D eigenvalue weighted by molar-refractivity contribution is -0.132. The van der Waals surface area contributed by atoms with E-state index in [-0.39, 0.29) is 21.2 Å². The number of benzene rings is 2. The van der Waals surface area contributed by atoms with Gasteiger partial charge in [0.15, 0.2) is 5.13 Å². The number of anilines is 1. The summed E-state index contributed by atoms with van der Waals surface area (Å²) in [6, 6.07) is 8.83. The first kappa shape index (κ1) is 30.6. The van der Waals surface area contributed by atoms with Crippen LogP contribution in [0.25, 0.3) is 17.3 Å². The summed E-state index contributed by atoms with van der Waals surface area (Å²) in [5, 5.41) is 14.5. The SMILES string of the molecule is COc1c(CCCOCCC(C)C)cccc1-c1csc(NC(=O)c2cc(Cl)c(/C=C(\C)C(=O)O)c(Cl)c2)n1. The number of aromatic nitrogens is 1. The molecule has 0 saturated carbocycles. The number of hydrogen-bond acceptors (Lipinski definition) is 6. The topological polar surface area (TPSA) is 97.8 Å². The van der Waals surface area contributed by atoms with Gasteiger partial charge in [-0.1, -0.05) is 49.2 Å². The normalized spacial score (nSPS) is 11.6. The van der Waals surface area contributed by atoms with Crippen LogP contribution in [-0.2, 0) is 16.0 Å². The van der Waals surface area contributed by atoms with Crippen molar-refractivity contribution >= 4 is 57.6 Å². The number of nitrogens with one attached hydrogen (secondary N) is 1. The Kier molecular flexibility index (Phi) is 11.4. The zero-order valence-corrected chi connectivity index (χ0v) is 24.7. The summed E-state index contributed by atoms with van der Waals surface area (Å²) in [6.07, 6.45) is 4.11. The Balaban J connectivity index is 1.71. The number of thiazole rings is 1. The Morgan fingerprint density at radius 1 is 1.18 bits per heavy atom. The molecule has 0 spiro atoms. The Morgan fingerprint density at radius 2 is 1.90 bits per heavy atom. The molecule has 0 unspecified atom stereocenters. The van der Waals surface area contributed by atoms with Gasteiger partial charge in [-0.2, -0.15) is 0 Å². The van der Waals surface area contributed by atoms with Crippen molar-refractivity contribution in [2.24, 2.45) is 5.92 Å². The highest BCUT2D eigenvalue weighted by molar-refractivity contribution is 7.14. The van der Waals surface area contributed by atoms with Crippen molar-refractivity contribution in [3.63, 3.8) is 0 Å². The molecule has 208 valence electrons. The van der Waals surface area contributed by atoms with Gasteiger partial charge in [0.05, 0.1) is 22.8 Å². The lowest BCUT2D eigenvalue weighted by Crippen LogP contribution is -2.12. The standard InChI is InChI=1S/C29H32Cl2N2O5S/c1-17(2)10-12-38-11-6-8-19-7-5-9-21(26(19)37-4)25-16-39-29(32-25)33-27(34)20-14-23(30)22(24(31)15-20)13-18(3)28(35)36/h5,7,9,13-17H,6,8,10-12H2,1-4H3,(H,35,36)(H,32,33,34)/b18-13+. The fraction of sp³-hybridized carbons (Fsp3) is 0.345. The van der Waals surface area contributed by atoms with E-state index >= 15 is 0 Å². The number of nitrogens with zero attached hydrogens (tertiary/aromatic N) is 1. The molecule has 0 radical (unpaired) electrons. The van der Waals surface area contributed by atoms with Crippen LogP contribution >= 0.6 is 34.5 Å². The van der Waals surface area contributed by atoms with Gasteiger partial charge in [-0.05, 0) is 61.9 Å². The highest BCUT2D eigenvalue weighted by Gasteiger charge is 2.17.